The number of esters is 1. The molecule has 2 N–H and O–H groups in total. The van der Waals surface area contributed by atoms with E-state index in [2.05, 4.69) is 43.3 Å². The molecule has 0 saturated heterocycles. The first-order chi connectivity index (χ1) is 9.78. The maximum Gasteiger partial charge on any atom is 0.305 e. The second kappa shape index (κ2) is 10.5. The summed E-state index contributed by atoms with van der Waals surface area (Å²) in [4.78, 5) is 15.4. The SMILES string of the molecule is CCOC(=O)CCCNC(=NC)NC(C)CCC(C)(C)C. The van der Waals surface area contributed by atoms with Gasteiger partial charge >= 0.3 is 5.97 Å². The van der Waals surface area contributed by atoms with Crippen LogP contribution in [0.2, 0.25) is 0 Å². The van der Waals surface area contributed by atoms with E-state index < -0.39 is 0 Å². The lowest BCUT2D eigenvalue weighted by Crippen LogP contribution is -2.42. The lowest BCUT2D eigenvalue weighted by molar-refractivity contribution is -0.143. The summed E-state index contributed by atoms with van der Waals surface area (Å²) in [6, 6.07) is 0.375. The van der Waals surface area contributed by atoms with Crippen molar-refractivity contribution >= 4 is 11.9 Å². The van der Waals surface area contributed by atoms with Gasteiger partial charge < -0.3 is 15.4 Å². The van der Waals surface area contributed by atoms with Crippen LogP contribution in [0.5, 0.6) is 0 Å². The molecule has 0 rings (SSSR count). The van der Waals surface area contributed by atoms with Crippen molar-refractivity contribution in [1.82, 2.24) is 10.6 Å². The topological polar surface area (TPSA) is 62.7 Å². The second-order valence-corrected chi connectivity index (χ2v) is 6.55. The molecule has 0 aliphatic carbocycles. The van der Waals surface area contributed by atoms with Crippen LogP contribution in [0.1, 0.15) is 60.3 Å². The van der Waals surface area contributed by atoms with Crippen LogP contribution < -0.4 is 10.6 Å². The Labute approximate surface area is 129 Å². The first-order valence-corrected chi connectivity index (χ1v) is 7.91. The van der Waals surface area contributed by atoms with E-state index in [-0.39, 0.29) is 5.97 Å². The zero-order chi connectivity index (χ0) is 16.3. The quantitative estimate of drug-likeness (QED) is 0.313. The van der Waals surface area contributed by atoms with E-state index in [1.807, 2.05) is 6.92 Å². The minimum absolute atomic E-state index is 0.138. The third kappa shape index (κ3) is 12.2. The molecule has 0 radical (unpaired) electrons. The predicted octanol–water partition coefficient (Wildman–Crippen LogP) is 2.71. The zero-order valence-electron chi connectivity index (χ0n) is 14.6. The highest BCUT2D eigenvalue weighted by Gasteiger charge is 2.13. The van der Waals surface area contributed by atoms with Gasteiger partial charge in [-0.1, -0.05) is 20.8 Å². The van der Waals surface area contributed by atoms with Gasteiger partial charge in [0, 0.05) is 26.1 Å². The van der Waals surface area contributed by atoms with Gasteiger partial charge in [-0.25, -0.2) is 0 Å². The summed E-state index contributed by atoms with van der Waals surface area (Å²) >= 11 is 0. The number of rotatable bonds is 8. The molecule has 0 aromatic rings. The Morgan fingerprint density at radius 3 is 2.52 bits per heavy atom. The maximum atomic E-state index is 11.2. The molecule has 0 bridgehead atoms. The Morgan fingerprint density at radius 1 is 1.33 bits per heavy atom. The van der Waals surface area contributed by atoms with Gasteiger partial charge in [0.15, 0.2) is 5.96 Å². The van der Waals surface area contributed by atoms with E-state index in [0.29, 0.717) is 31.0 Å². The van der Waals surface area contributed by atoms with Gasteiger partial charge in [-0.05, 0) is 38.5 Å². The van der Waals surface area contributed by atoms with Crippen LogP contribution in [0.4, 0.5) is 0 Å². The van der Waals surface area contributed by atoms with Crippen LogP contribution in [0.3, 0.4) is 0 Å². The van der Waals surface area contributed by atoms with Crippen molar-refractivity contribution in [2.24, 2.45) is 10.4 Å². The highest BCUT2D eigenvalue weighted by atomic mass is 16.5. The smallest absolute Gasteiger partial charge is 0.305 e. The molecular formula is C16H33N3O2. The van der Waals surface area contributed by atoms with Gasteiger partial charge in [-0.3, -0.25) is 9.79 Å². The zero-order valence-corrected chi connectivity index (χ0v) is 14.6. The molecule has 0 aromatic carbocycles. The van der Waals surface area contributed by atoms with E-state index in [1.165, 1.54) is 6.42 Å². The van der Waals surface area contributed by atoms with Crippen molar-refractivity contribution in [3.63, 3.8) is 0 Å². The van der Waals surface area contributed by atoms with Gasteiger partial charge in [0.2, 0.25) is 0 Å². The van der Waals surface area contributed by atoms with E-state index >= 15 is 0 Å². The Balaban J connectivity index is 3.88. The molecule has 5 nitrogen and oxygen atoms in total. The Kier molecular flexibility index (Phi) is 9.84. The van der Waals surface area contributed by atoms with E-state index in [9.17, 15) is 4.79 Å². The summed E-state index contributed by atoms with van der Waals surface area (Å²) in [5, 5.41) is 6.60. The molecule has 0 fully saturated rings. The molecule has 0 spiro atoms. The van der Waals surface area contributed by atoms with E-state index in [4.69, 9.17) is 4.74 Å². The fourth-order valence-electron chi connectivity index (χ4n) is 1.82. The predicted molar refractivity (Wildman–Crippen MR) is 88.5 cm³/mol. The van der Waals surface area contributed by atoms with Crippen molar-refractivity contribution < 1.29 is 9.53 Å². The maximum absolute atomic E-state index is 11.2. The van der Waals surface area contributed by atoms with Crippen LogP contribution in [-0.2, 0) is 9.53 Å². The summed E-state index contributed by atoms with van der Waals surface area (Å²) in [6.07, 6.45) is 3.46. The van der Waals surface area contributed by atoms with E-state index in [1.54, 1.807) is 7.05 Å². The fourth-order valence-corrected chi connectivity index (χ4v) is 1.82. The number of ether oxygens (including phenoxy) is 1. The molecule has 0 amide bonds. The minimum atomic E-state index is -0.138. The summed E-state index contributed by atoms with van der Waals surface area (Å²) in [5.41, 5.74) is 0.354. The lowest BCUT2D eigenvalue weighted by Gasteiger charge is -2.23. The highest BCUT2D eigenvalue weighted by Crippen LogP contribution is 2.21. The van der Waals surface area contributed by atoms with Crippen molar-refractivity contribution in [3.8, 4) is 0 Å². The number of aliphatic imine (C=N–C) groups is 1. The summed E-state index contributed by atoms with van der Waals surface area (Å²) in [7, 11) is 1.76. The standard InChI is InChI=1S/C16H33N3O2/c1-7-21-14(20)9-8-12-18-15(17-6)19-13(2)10-11-16(3,4)5/h13H,7-12H2,1-6H3,(H2,17,18,19). The molecule has 0 heterocycles. The first-order valence-electron chi connectivity index (χ1n) is 7.91. The summed E-state index contributed by atoms with van der Waals surface area (Å²) in [6.45, 7) is 11.9. The molecule has 0 aliphatic rings. The Bertz CT molecular complexity index is 322. The molecule has 1 atom stereocenters. The van der Waals surface area contributed by atoms with Crippen molar-refractivity contribution in [2.45, 2.75) is 66.3 Å². The molecule has 5 heteroatoms. The van der Waals surface area contributed by atoms with Gasteiger partial charge in [0.05, 0.1) is 6.61 Å². The normalized spacial score (nSPS) is 13.7. The third-order valence-corrected chi connectivity index (χ3v) is 3.09. The van der Waals surface area contributed by atoms with Gasteiger partial charge in [0.1, 0.15) is 0 Å². The monoisotopic (exact) mass is 299 g/mol. The van der Waals surface area contributed by atoms with Crippen LogP contribution in [0.25, 0.3) is 0 Å². The number of hydrogen-bond acceptors (Lipinski definition) is 3. The molecule has 21 heavy (non-hydrogen) atoms. The average molecular weight is 299 g/mol. The number of guanidine groups is 1. The average Bonchev–Trinajstić information content (AvgIpc) is 2.39. The largest absolute Gasteiger partial charge is 0.466 e. The number of nitrogens with one attached hydrogen (secondary N) is 2. The number of carbonyl (C=O) groups is 1. The van der Waals surface area contributed by atoms with Crippen LogP contribution in [-0.4, -0.2) is 38.2 Å². The molecule has 124 valence electrons. The Hall–Kier alpha value is -1.26. The number of carbonyl (C=O) groups excluding carboxylic acids is 1. The second-order valence-electron chi connectivity index (χ2n) is 6.55. The minimum Gasteiger partial charge on any atom is -0.466 e. The lowest BCUT2D eigenvalue weighted by atomic mass is 9.89. The van der Waals surface area contributed by atoms with Crippen LogP contribution in [0, 0.1) is 5.41 Å². The molecular weight excluding hydrogens is 266 g/mol. The fraction of sp³-hybridized carbons (Fsp3) is 0.875. The first kappa shape index (κ1) is 19.7. The number of nitrogens with zero attached hydrogens (tertiary/aromatic N) is 1. The van der Waals surface area contributed by atoms with Crippen molar-refractivity contribution in [2.75, 3.05) is 20.2 Å². The van der Waals surface area contributed by atoms with Crippen molar-refractivity contribution in [1.29, 1.82) is 0 Å². The molecule has 0 aromatic heterocycles. The molecule has 0 aliphatic heterocycles. The number of hydrogen-bond donors (Lipinski definition) is 2. The van der Waals surface area contributed by atoms with Crippen LogP contribution >= 0.6 is 0 Å². The summed E-state index contributed by atoms with van der Waals surface area (Å²) < 4.78 is 4.89. The Morgan fingerprint density at radius 2 is 2.00 bits per heavy atom. The van der Waals surface area contributed by atoms with Gasteiger partial charge in [-0.2, -0.15) is 0 Å². The van der Waals surface area contributed by atoms with Gasteiger partial charge in [0.25, 0.3) is 0 Å². The summed E-state index contributed by atoms with van der Waals surface area (Å²) in [5.74, 6) is 0.654. The molecule has 1 unspecified atom stereocenters. The molecule has 0 saturated carbocycles. The van der Waals surface area contributed by atoms with Crippen molar-refractivity contribution in [3.05, 3.63) is 0 Å². The van der Waals surface area contributed by atoms with Crippen LogP contribution in [0.15, 0.2) is 4.99 Å². The van der Waals surface area contributed by atoms with Gasteiger partial charge in [-0.15, -0.1) is 0 Å². The third-order valence-electron chi connectivity index (χ3n) is 3.09. The van der Waals surface area contributed by atoms with E-state index in [0.717, 1.165) is 18.8 Å². The highest BCUT2D eigenvalue weighted by molar-refractivity contribution is 5.79.